The topological polar surface area (TPSA) is 14.1 Å². The monoisotopic (exact) mass is 180 g/mol. The molecule has 0 aromatic carbocycles. The van der Waals surface area contributed by atoms with E-state index in [0.29, 0.717) is 0 Å². The van der Waals surface area contributed by atoms with Crippen molar-refractivity contribution in [1.82, 2.24) is 5.32 Å². The van der Waals surface area contributed by atoms with Crippen molar-refractivity contribution in [2.75, 3.05) is 0 Å². The Kier molecular flexibility index (Phi) is 3.65. The van der Waals surface area contributed by atoms with Gasteiger partial charge in [-0.1, -0.05) is 38.5 Å². The maximum Gasteiger partial charge on any atom is 0.0249 e. The lowest BCUT2D eigenvalue weighted by atomic mass is 9.91. The Morgan fingerprint density at radius 1 is 0.538 bits per heavy atom. The van der Waals surface area contributed by atoms with Gasteiger partial charge in [0.2, 0.25) is 0 Å². The molecule has 75 valence electrons. The van der Waals surface area contributed by atoms with Gasteiger partial charge >= 0.3 is 0 Å². The molecule has 0 bridgehead atoms. The minimum Gasteiger partial charge on any atom is -0.235 e. The van der Waals surface area contributed by atoms with Gasteiger partial charge in [-0.2, -0.15) is 0 Å². The van der Waals surface area contributed by atoms with Crippen LogP contribution in [0.5, 0.6) is 0 Å². The molecule has 0 aliphatic heterocycles. The Morgan fingerprint density at radius 3 is 1.31 bits per heavy atom. The smallest absolute Gasteiger partial charge is 0.0249 e. The van der Waals surface area contributed by atoms with Crippen LogP contribution >= 0.6 is 0 Å². The van der Waals surface area contributed by atoms with E-state index in [-0.39, 0.29) is 0 Å². The fourth-order valence-corrected chi connectivity index (χ4v) is 2.76. The van der Waals surface area contributed by atoms with Gasteiger partial charge in [0.1, 0.15) is 0 Å². The molecule has 0 spiro atoms. The van der Waals surface area contributed by atoms with E-state index in [1.54, 1.807) is 0 Å². The van der Waals surface area contributed by atoms with Gasteiger partial charge in [-0.25, -0.2) is 5.32 Å². The highest BCUT2D eigenvalue weighted by Crippen LogP contribution is 2.23. The predicted octanol–water partition coefficient (Wildman–Crippen LogP) is 3.26. The predicted molar refractivity (Wildman–Crippen MR) is 55.9 cm³/mol. The second-order valence-corrected chi connectivity index (χ2v) is 4.73. The van der Waals surface area contributed by atoms with E-state index in [9.17, 15) is 0 Å². The summed E-state index contributed by atoms with van der Waals surface area (Å²) in [6.45, 7) is 0. The summed E-state index contributed by atoms with van der Waals surface area (Å²) in [5.74, 6) is 0. The molecule has 2 rings (SSSR count). The molecule has 1 radical (unpaired) electrons. The Hall–Kier alpha value is -0.0400. The lowest BCUT2D eigenvalue weighted by molar-refractivity contribution is 0.284. The van der Waals surface area contributed by atoms with Crippen molar-refractivity contribution < 1.29 is 0 Å². The third kappa shape index (κ3) is 2.98. The number of hydrogen-bond acceptors (Lipinski definition) is 0. The summed E-state index contributed by atoms with van der Waals surface area (Å²) in [6.07, 6.45) is 14.2. The molecule has 1 nitrogen and oxygen atoms in total. The van der Waals surface area contributed by atoms with Crippen molar-refractivity contribution >= 4 is 0 Å². The molecule has 0 atom stereocenters. The molecule has 2 aliphatic carbocycles. The molecule has 0 aromatic rings. The van der Waals surface area contributed by atoms with Crippen molar-refractivity contribution in [3.63, 3.8) is 0 Å². The van der Waals surface area contributed by atoms with Crippen LogP contribution in [-0.2, 0) is 0 Å². The molecule has 2 fully saturated rings. The van der Waals surface area contributed by atoms with E-state index < -0.39 is 0 Å². The molecule has 0 saturated heterocycles. The summed E-state index contributed by atoms with van der Waals surface area (Å²) in [7, 11) is 0. The first kappa shape index (κ1) is 9.51. The zero-order valence-corrected chi connectivity index (χ0v) is 8.67. The molecule has 0 aromatic heterocycles. The summed E-state index contributed by atoms with van der Waals surface area (Å²) in [4.78, 5) is 0. The first-order valence-corrected chi connectivity index (χ1v) is 6.15. The number of rotatable bonds is 2. The van der Waals surface area contributed by atoms with Gasteiger partial charge < -0.3 is 0 Å². The standard InChI is InChI=1S/C12H22N/c1-3-7-11(8-4-1)13-12-9-5-2-6-10-12/h11-12H,1-10H2. The average Bonchev–Trinajstić information content (AvgIpc) is 2.21. The van der Waals surface area contributed by atoms with Crippen LogP contribution in [0.1, 0.15) is 64.2 Å². The quantitative estimate of drug-likeness (QED) is 0.619. The summed E-state index contributed by atoms with van der Waals surface area (Å²) >= 11 is 0. The lowest BCUT2D eigenvalue weighted by Gasteiger charge is -2.28. The Labute approximate surface area is 82.3 Å². The van der Waals surface area contributed by atoms with Gasteiger partial charge in [-0.05, 0) is 25.7 Å². The van der Waals surface area contributed by atoms with Crippen molar-refractivity contribution in [3.05, 3.63) is 0 Å². The number of nitrogens with zero attached hydrogens (tertiary/aromatic N) is 1. The third-order valence-electron chi connectivity index (χ3n) is 3.57. The molecule has 2 aliphatic rings. The van der Waals surface area contributed by atoms with Gasteiger partial charge in [0.15, 0.2) is 0 Å². The van der Waals surface area contributed by atoms with Crippen molar-refractivity contribution in [2.45, 2.75) is 76.3 Å². The molecule has 0 unspecified atom stereocenters. The summed E-state index contributed by atoms with van der Waals surface area (Å²) in [5.41, 5.74) is 0. The molecular weight excluding hydrogens is 158 g/mol. The van der Waals surface area contributed by atoms with Crippen LogP contribution in [0.25, 0.3) is 0 Å². The van der Waals surface area contributed by atoms with Crippen LogP contribution in [-0.4, -0.2) is 12.1 Å². The lowest BCUT2D eigenvalue weighted by Crippen LogP contribution is -2.34. The highest BCUT2D eigenvalue weighted by atomic mass is 14.9. The fourth-order valence-electron chi connectivity index (χ4n) is 2.76. The van der Waals surface area contributed by atoms with Crippen molar-refractivity contribution in [3.8, 4) is 0 Å². The van der Waals surface area contributed by atoms with Crippen molar-refractivity contribution in [2.24, 2.45) is 0 Å². The van der Waals surface area contributed by atoms with Gasteiger partial charge in [-0.15, -0.1) is 0 Å². The molecular formula is C12H22N. The second-order valence-electron chi connectivity index (χ2n) is 4.73. The van der Waals surface area contributed by atoms with Crippen LogP contribution in [0.15, 0.2) is 0 Å². The fraction of sp³-hybridized carbons (Fsp3) is 1.00. The molecule has 13 heavy (non-hydrogen) atoms. The third-order valence-corrected chi connectivity index (χ3v) is 3.57. The van der Waals surface area contributed by atoms with E-state index in [4.69, 9.17) is 5.32 Å². The maximum absolute atomic E-state index is 5.00. The zero-order valence-electron chi connectivity index (χ0n) is 8.67. The average molecular weight is 180 g/mol. The van der Waals surface area contributed by atoms with Crippen LogP contribution in [0, 0.1) is 0 Å². The van der Waals surface area contributed by atoms with Gasteiger partial charge in [-0.3, -0.25) is 0 Å². The molecule has 0 N–H and O–H groups in total. The second kappa shape index (κ2) is 4.99. The Morgan fingerprint density at radius 2 is 0.923 bits per heavy atom. The van der Waals surface area contributed by atoms with E-state index >= 15 is 0 Å². The van der Waals surface area contributed by atoms with Gasteiger partial charge in [0.25, 0.3) is 0 Å². The van der Waals surface area contributed by atoms with Gasteiger partial charge in [0.05, 0.1) is 0 Å². The largest absolute Gasteiger partial charge is 0.235 e. The first-order chi connectivity index (χ1) is 6.45. The van der Waals surface area contributed by atoms with Crippen LogP contribution in [0.3, 0.4) is 0 Å². The normalized spacial score (nSPS) is 27.7. The molecule has 0 heterocycles. The Balaban J connectivity index is 1.69. The van der Waals surface area contributed by atoms with Crippen molar-refractivity contribution in [1.29, 1.82) is 0 Å². The van der Waals surface area contributed by atoms with E-state index in [1.807, 2.05) is 0 Å². The highest BCUT2D eigenvalue weighted by molar-refractivity contribution is 4.78. The van der Waals surface area contributed by atoms with E-state index in [1.165, 1.54) is 64.2 Å². The highest BCUT2D eigenvalue weighted by Gasteiger charge is 2.20. The molecule has 0 amide bonds. The van der Waals surface area contributed by atoms with E-state index in [0.717, 1.165) is 12.1 Å². The summed E-state index contributed by atoms with van der Waals surface area (Å²) in [6, 6.07) is 1.49. The minimum absolute atomic E-state index is 0.747. The Bertz CT molecular complexity index is 116. The molecule has 2 saturated carbocycles. The minimum atomic E-state index is 0.747. The maximum atomic E-state index is 5.00. The summed E-state index contributed by atoms with van der Waals surface area (Å²) < 4.78 is 0. The van der Waals surface area contributed by atoms with Crippen LogP contribution in [0.4, 0.5) is 0 Å². The summed E-state index contributed by atoms with van der Waals surface area (Å²) in [5, 5.41) is 5.00. The molecule has 1 heteroatoms. The SMILES string of the molecule is C1CCC([N]C2CCCCC2)CC1. The zero-order chi connectivity index (χ0) is 8.93. The van der Waals surface area contributed by atoms with Gasteiger partial charge in [0, 0.05) is 12.1 Å². The van der Waals surface area contributed by atoms with Crippen LogP contribution in [0.2, 0.25) is 0 Å². The van der Waals surface area contributed by atoms with E-state index in [2.05, 4.69) is 0 Å². The first-order valence-electron chi connectivity index (χ1n) is 6.15. The van der Waals surface area contributed by atoms with Crippen LogP contribution < -0.4 is 5.32 Å². The number of hydrogen-bond donors (Lipinski definition) is 0.